The maximum atomic E-state index is 13.1. The Labute approximate surface area is 257 Å². The number of hydrogen-bond donors (Lipinski definition) is 2. The third-order valence-electron chi connectivity index (χ3n) is 7.07. The van der Waals surface area contributed by atoms with Crippen LogP contribution in [0, 0.1) is 0 Å². The third kappa shape index (κ3) is 21.3. The van der Waals surface area contributed by atoms with E-state index in [2.05, 4.69) is 57.2 Å². The first-order valence-corrected chi connectivity index (χ1v) is 16.6. The van der Waals surface area contributed by atoms with Gasteiger partial charge in [-0.25, -0.2) is 0 Å². The van der Waals surface area contributed by atoms with Crippen molar-refractivity contribution in [1.82, 2.24) is 14.7 Å². The van der Waals surface area contributed by atoms with Crippen molar-refractivity contribution >= 4 is 17.7 Å². The number of allylic oxidation sites excluding steroid dienone is 6. The minimum absolute atomic E-state index is 0.152. The zero-order valence-electron chi connectivity index (χ0n) is 27.2. The summed E-state index contributed by atoms with van der Waals surface area (Å²) in [5.41, 5.74) is 11.5. The molecular weight excluding hydrogens is 526 g/mol. The van der Waals surface area contributed by atoms with Crippen LogP contribution in [0.4, 0.5) is 0 Å². The predicted molar refractivity (Wildman–Crippen MR) is 177 cm³/mol. The Bertz CT molecular complexity index is 781. The SMILES string of the molecule is CC/C=C\CCC(=O)N(CCCN)CCCCN(CCCN(CCCN)C(=O)CC/C=C\CC)C(=O)CC/C=C\CC. The van der Waals surface area contributed by atoms with Crippen LogP contribution < -0.4 is 11.5 Å². The molecule has 0 aromatic carbocycles. The lowest BCUT2D eigenvalue weighted by atomic mass is 10.2. The van der Waals surface area contributed by atoms with Gasteiger partial charge >= 0.3 is 0 Å². The van der Waals surface area contributed by atoms with Crippen molar-refractivity contribution in [3.05, 3.63) is 36.5 Å². The molecule has 8 nitrogen and oxygen atoms in total. The van der Waals surface area contributed by atoms with Crippen molar-refractivity contribution < 1.29 is 14.4 Å². The van der Waals surface area contributed by atoms with Gasteiger partial charge in [-0.3, -0.25) is 14.4 Å². The number of rotatable bonds is 27. The molecule has 0 rings (SSSR count). The topological polar surface area (TPSA) is 113 Å². The molecule has 42 heavy (non-hydrogen) atoms. The van der Waals surface area contributed by atoms with Crippen LogP contribution in [-0.2, 0) is 14.4 Å². The summed E-state index contributed by atoms with van der Waals surface area (Å²) < 4.78 is 0. The molecule has 0 unspecified atom stereocenters. The molecule has 3 amide bonds. The van der Waals surface area contributed by atoms with Crippen molar-refractivity contribution in [2.24, 2.45) is 11.5 Å². The number of nitrogens with two attached hydrogens (primary N) is 2. The second kappa shape index (κ2) is 28.7. The number of unbranched alkanes of at least 4 members (excludes halogenated alkanes) is 1. The van der Waals surface area contributed by atoms with E-state index in [1.807, 2.05) is 14.7 Å². The summed E-state index contributed by atoms with van der Waals surface area (Å²) in [7, 11) is 0. The standard InChI is InChI=1S/C34H63N5O3/c1-4-7-10-13-21-32(40)37(28-18-24-35)26-16-17-27-38(33(41)22-14-11-8-5-2)30-20-31-39(29-19-25-36)34(42)23-15-12-9-6-3/h7-12H,4-6,13-31,35-36H2,1-3H3/b10-7-,11-8-,12-9-. The molecule has 0 saturated carbocycles. The lowest BCUT2D eigenvalue weighted by Crippen LogP contribution is -2.38. The van der Waals surface area contributed by atoms with E-state index in [4.69, 9.17) is 11.5 Å². The molecule has 0 spiro atoms. The monoisotopic (exact) mass is 589 g/mol. The van der Waals surface area contributed by atoms with E-state index in [0.29, 0.717) is 71.6 Å². The quantitative estimate of drug-likeness (QED) is 0.0960. The van der Waals surface area contributed by atoms with Gasteiger partial charge in [0.15, 0.2) is 0 Å². The summed E-state index contributed by atoms with van der Waals surface area (Å²) in [5.74, 6) is 0.477. The largest absolute Gasteiger partial charge is 0.343 e. The Hall–Kier alpha value is -2.45. The van der Waals surface area contributed by atoms with Crippen molar-refractivity contribution in [2.75, 3.05) is 52.4 Å². The molecule has 0 atom stereocenters. The fraction of sp³-hybridized carbons (Fsp3) is 0.735. The number of carbonyl (C=O) groups excluding carboxylic acids is 3. The maximum Gasteiger partial charge on any atom is 0.222 e. The highest BCUT2D eigenvalue weighted by atomic mass is 16.2. The number of nitrogens with zero attached hydrogens (tertiary/aromatic N) is 3. The summed E-state index contributed by atoms with van der Waals surface area (Å²) in [6.07, 6.45) is 23.2. The highest BCUT2D eigenvalue weighted by Gasteiger charge is 2.17. The van der Waals surface area contributed by atoms with E-state index in [1.165, 1.54) is 0 Å². The molecule has 4 N–H and O–H groups in total. The zero-order chi connectivity index (χ0) is 31.3. The Morgan fingerprint density at radius 2 is 0.738 bits per heavy atom. The number of amides is 3. The molecule has 0 aliphatic rings. The second-order valence-electron chi connectivity index (χ2n) is 10.7. The number of hydrogen-bond acceptors (Lipinski definition) is 5. The molecular formula is C34H63N5O3. The summed E-state index contributed by atoms with van der Waals surface area (Å²) in [6.45, 7) is 11.3. The van der Waals surface area contributed by atoms with Gasteiger partial charge in [-0.15, -0.1) is 0 Å². The van der Waals surface area contributed by atoms with Crippen LogP contribution in [0.1, 0.15) is 111 Å². The molecule has 0 aliphatic carbocycles. The van der Waals surface area contributed by atoms with Gasteiger partial charge in [0.1, 0.15) is 0 Å². The van der Waals surface area contributed by atoms with Crippen molar-refractivity contribution in [1.29, 1.82) is 0 Å². The van der Waals surface area contributed by atoms with Gasteiger partial charge in [-0.05, 0) is 83.7 Å². The summed E-state index contributed by atoms with van der Waals surface area (Å²) >= 11 is 0. The van der Waals surface area contributed by atoms with Gasteiger partial charge < -0.3 is 26.2 Å². The lowest BCUT2D eigenvalue weighted by Gasteiger charge is -2.27. The molecule has 0 fully saturated rings. The minimum atomic E-state index is 0.152. The summed E-state index contributed by atoms with van der Waals surface area (Å²) in [5, 5.41) is 0. The normalized spacial score (nSPS) is 11.6. The van der Waals surface area contributed by atoms with E-state index < -0.39 is 0 Å². The van der Waals surface area contributed by atoms with E-state index in [-0.39, 0.29) is 17.7 Å². The van der Waals surface area contributed by atoms with Crippen LogP contribution >= 0.6 is 0 Å². The smallest absolute Gasteiger partial charge is 0.222 e. The highest BCUT2D eigenvalue weighted by molar-refractivity contribution is 5.77. The van der Waals surface area contributed by atoms with Gasteiger partial charge in [0.2, 0.25) is 17.7 Å². The highest BCUT2D eigenvalue weighted by Crippen LogP contribution is 2.09. The first-order valence-electron chi connectivity index (χ1n) is 16.6. The summed E-state index contributed by atoms with van der Waals surface area (Å²) in [6, 6.07) is 0. The van der Waals surface area contributed by atoms with Gasteiger partial charge in [-0.1, -0.05) is 57.2 Å². The number of carbonyl (C=O) groups is 3. The Morgan fingerprint density at radius 1 is 0.452 bits per heavy atom. The van der Waals surface area contributed by atoms with Crippen molar-refractivity contribution in [2.45, 2.75) is 111 Å². The Kier molecular flexibility index (Phi) is 27.0. The van der Waals surface area contributed by atoms with Crippen LogP contribution in [-0.4, -0.2) is 84.8 Å². The summed E-state index contributed by atoms with van der Waals surface area (Å²) in [4.78, 5) is 44.6. The van der Waals surface area contributed by atoms with E-state index in [1.54, 1.807) is 0 Å². The van der Waals surface area contributed by atoms with Gasteiger partial charge in [0.05, 0.1) is 0 Å². The molecule has 0 aromatic rings. The van der Waals surface area contributed by atoms with Crippen LogP contribution in [0.3, 0.4) is 0 Å². The van der Waals surface area contributed by atoms with Crippen LogP contribution in [0.5, 0.6) is 0 Å². The molecule has 0 aliphatic heterocycles. The van der Waals surface area contributed by atoms with Crippen LogP contribution in [0.2, 0.25) is 0 Å². The first-order chi connectivity index (χ1) is 20.4. The molecule has 0 heterocycles. The average molecular weight is 590 g/mol. The Morgan fingerprint density at radius 3 is 1.02 bits per heavy atom. The van der Waals surface area contributed by atoms with Gasteiger partial charge in [0, 0.05) is 58.5 Å². The lowest BCUT2D eigenvalue weighted by molar-refractivity contribution is -0.133. The van der Waals surface area contributed by atoms with Gasteiger partial charge in [0.25, 0.3) is 0 Å². The molecule has 242 valence electrons. The predicted octanol–water partition coefficient (Wildman–Crippen LogP) is 5.58. The van der Waals surface area contributed by atoms with Crippen molar-refractivity contribution in [3.8, 4) is 0 Å². The molecule has 8 heteroatoms. The third-order valence-corrected chi connectivity index (χ3v) is 7.07. The average Bonchev–Trinajstić information content (AvgIpc) is 2.99. The van der Waals surface area contributed by atoms with Crippen LogP contribution in [0.15, 0.2) is 36.5 Å². The van der Waals surface area contributed by atoms with Gasteiger partial charge in [-0.2, -0.15) is 0 Å². The molecule has 0 saturated heterocycles. The zero-order valence-corrected chi connectivity index (χ0v) is 27.2. The second-order valence-corrected chi connectivity index (χ2v) is 10.7. The van der Waals surface area contributed by atoms with Crippen LogP contribution in [0.25, 0.3) is 0 Å². The van der Waals surface area contributed by atoms with E-state index in [0.717, 1.165) is 70.6 Å². The van der Waals surface area contributed by atoms with Crippen molar-refractivity contribution in [3.63, 3.8) is 0 Å². The molecule has 0 aromatic heterocycles. The molecule has 0 radical (unpaired) electrons. The Balaban J connectivity index is 5.09. The maximum absolute atomic E-state index is 13.1. The fourth-order valence-corrected chi connectivity index (χ4v) is 4.65. The van der Waals surface area contributed by atoms with E-state index in [9.17, 15) is 14.4 Å². The minimum Gasteiger partial charge on any atom is -0.343 e. The first kappa shape index (κ1) is 39.5. The van der Waals surface area contributed by atoms with E-state index >= 15 is 0 Å². The molecule has 0 bridgehead atoms. The fourth-order valence-electron chi connectivity index (χ4n) is 4.65.